The number of nitrogen functional groups attached to an aromatic ring is 1. The summed E-state index contributed by atoms with van der Waals surface area (Å²) in [5, 5.41) is 0. The van der Waals surface area contributed by atoms with Gasteiger partial charge in [-0.1, -0.05) is 13.3 Å². The molecular weight excluding hydrogens is 230 g/mol. The Morgan fingerprint density at radius 2 is 2.39 bits per heavy atom. The van der Waals surface area contributed by atoms with Crippen molar-refractivity contribution in [3.05, 3.63) is 12.0 Å². The van der Waals surface area contributed by atoms with Crippen molar-refractivity contribution in [2.45, 2.75) is 39.7 Å². The van der Waals surface area contributed by atoms with Crippen molar-refractivity contribution in [2.24, 2.45) is 11.8 Å². The zero-order chi connectivity index (χ0) is 13.1. The number of nitrogens with two attached hydrogens (primary N) is 1. The molecule has 2 N–H and O–H groups in total. The Hall–Kier alpha value is -1.52. The Morgan fingerprint density at radius 3 is 3.00 bits per heavy atom. The Bertz CT molecular complexity index is 428. The van der Waals surface area contributed by atoms with E-state index in [0.29, 0.717) is 18.3 Å². The minimum absolute atomic E-state index is 0.239. The summed E-state index contributed by atoms with van der Waals surface area (Å²) in [6.45, 7) is 5.24. The van der Waals surface area contributed by atoms with E-state index in [9.17, 15) is 4.79 Å². The van der Waals surface area contributed by atoms with Gasteiger partial charge in [0.1, 0.15) is 5.82 Å². The summed E-state index contributed by atoms with van der Waals surface area (Å²) in [5.74, 6) is 1.43. The minimum Gasteiger partial charge on any atom is -0.461 e. The highest BCUT2D eigenvalue weighted by Gasteiger charge is 2.24. The fourth-order valence-corrected chi connectivity index (χ4v) is 2.66. The van der Waals surface area contributed by atoms with Crippen LogP contribution in [0.5, 0.6) is 0 Å². The van der Waals surface area contributed by atoms with Crippen LogP contribution in [0.25, 0.3) is 0 Å². The highest BCUT2D eigenvalue weighted by Crippen LogP contribution is 2.32. The van der Waals surface area contributed by atoms with Crippen LogP contribution < -0.4 is 5.73 Å². The monoisotopic (exact) mass is 251 g/mol. The number of carbonyl (C=O) groups is 1. The average Bonchev–Trinajstić information content (AvgIpc) is 2.88. The maximum Gasteiger partial charge on any atom is 0.360 e. The lowest BCUT2D eigenvalue weighted by molar-refractivity contribution is 0.0521. The molecule has 100 valence electrons. The van der Waals surface area contributed by atoms with Gasteiger partial charge in [-0.05, 0) is 31.6 Å². The number of imidazole rings is 1. The molecule has 1 heterocycles. The van der Waals surface area contributed by atoms with Gasteiger partial charge >= 0.3 is 5.97 Å². The zero-order valence-electron chi connectivity index (χ0n) is 11.1. The number of hydrogen-bond donors (Lipinski definition) is 1. The average molecular weight is 251 g/mol. The number of hydrogen-bond acceptors (Lipinski definition) is 4. The highest BCUT2D eigenvalue weighted by atomic mass is 16.5. The van der Waals surface area contributed by atoms with E-state index in [2.05, 4.69) is 11.9 Å². The van der Waals surface area contributed by atoms with Crippen LogP contribution in [-0.2, 0) is 11.3 Å². The lowest BCUT2D eigenvalue weighted by Gasteiger charge is -2.11. The van der Waals surface area contributed by atoms with E-state index in [4.69, 9.17) is 10.5 Å². The summed E-state index contributed by atoms with van der Waals surface area (Å²) < 4.78 is 6.78. The molecule has 1 aliphatic rings. The number of carbonyl (C=O) groups excluding carboxylic acids is 1. The number of aromatic nitrogens is 2. The van der Waals surface area contributed by atoms with Gasteiger partial charge in [-0.25, -0.2) is 9.78 Å². The van der Waals surface area contributed by atoms with Crippen LogP contribution in [0.1, 0.15) is 43.6 Å². The van der Waals surface area contributed by atoms with Crippen LogP contribution in [0.15, 0.2) is 6.33 Å². The SMILES string of the molecule is CCOC(=O)c1ncn(CC2CCC(C)C2)c1N. The molecule has 2 rings (SSSR count). The summed E-state index contributed by atoms with van der Waals surface area (Å²) in [5.41, 5.74) is 6.19. The minimum atomic E-state index is -0.437. The first-order valence-electron chi connectivity index (χ1n) is 6.59. The van der Waals surface area contributed by atoms with Gasteiger partial charge in [-0.3, -0.25) is 0 Å². The summed E-state index contributed by atoms with van der Waals surface area (Å²) in [4.78, 5) is 15.6. The highest BCUT2D eigenvalue weighted by molar-refractivity contribution is 5.92. The van der Waals surface area contributed by atoms with Crippen LogP contribution in [0.3, 0.4) is 0 Å². The number of nitrogens with zero attached hydrogens (tertiary/aromatic N) is 2. The second-order valence-electron chi connectivity index (χ2n) is 5.14. The quantitative estimate of drug-likeness (QED) is 0.832. The van der Waals surface area contributed by atoms with E-state index in [1.165, 1.54) is 19.3 Å². The van der Waals surface area contributed by atoms with Gasteiger partial charge in [-0.15, -0.1) is 0 Å². The molecule has 0 saturated heterocycles. The number of esters is 1. The predicted octanol–water partition coefficient (Wildman–Crippen LogP) is 2.08. The predicted molar refractivity (Wildman–Crippen MR) is 69.1 cm³/mol. The molecular formula is C13H21N3O2. The number of ether oxygens (including phenoxy) is 1. The number of rotatable bonds is 4. The van der Waals surface area contributed by atoms with Gasteiger partial charge in [0, 0.05) is 6.54 Å². The first-order chi connectivity index (χ1) is 8.61. The van der Waals surface area contributed by atoms with Crippen LogP contribution in [0.2, 0.25) is 0 Å². The Labute approximate surface area is 107 Å². The van der Waals surface area contributed by atoms with Crippen molar-refractivity contribution < 1.29 is 9.53 Å². The van der Waals surface area contributed by atoms with Crippen LogP contribution in [-0.4, -0.2) is 22.1 Å². The Morgan fingerprint density at radius 1 is 1.61 bits per heavy atom. The van der Waals surface area contributed by atoms with Crippen LogP contribution >= 0.6 is 0 Å². The summed E-state index contributed by atoms with van der Waals surface area (Å²) in [6, 6.07) is 0. The molecule has 2 unspecified atom stereocenters. The van der Waals surface area contributed by atoms with E-state index in [1.54, 1.807) is 13.3 Å². The van der Waals surface area contributed by atoms with Crippen molar-refractivity contribution in [1.29, 1.82) is 0 Å². The maximum absolute atomic E-state index is 11.6. The molecule has 2 atom stereocenters. The molecule has 5 heteroatoms. The second kappa shape index (κ2) is 5.42. The van der Waals surface area contributed by atoms with Gasteiger partial charge < -0.3 is 15.0 Å². The van der Waals surface area contributed by atoms with Crippen LogP contribution in [0, 0.1) is 11.8 Å². The fourth-order valence-electron chi connectivity index (χ4n) is 2.66. The molecule has 1 fully saturated rings. The molecule has 18 heavy (non-hydrogen) atoms. The lowest BCUT2D eigenvalue weighted by Crippen LogP contribution is -2.12. The summed E-state index contributed by atoms with van der Waals surface area (Å²) >= 11 is 0. The van der Waals surface area contributed by atoms with Crippen LogP contribution in [0.4, 0.5) is 5.82 Å². The van der Waals surface area contributed by atoms with Crippen molar-refractivity contribution in [1.82, 2.24) is 9.55 Å². The van der Waals surface area contributed by atoms with Crippen molar-refractivity contribution >= 4 is 11.8 Å². The van der Waals surface area contributed by atoms with E-state index >= 15 is 0 Å². The molecule has 1 aromatic heterocycles. The van der Waals surface area contributed by atoms with Gasteiger partial charge in [0.05, 0.1) is 12.9 Å². The molecule has 0 spiro atoms. The topological polar surface area (TPSA) is 70.1 Å². The first kappa shape index (κ1) is 12.9. The Kier molecular flexibility index (Phi) is 3.89. The third-order valence-corrected chi connectivity index (χ3v) is 3.61. The van der Waals surface area contributed by atoms with E-state index in [-0.39, 0.29) is 5.69 Å². The molecule has 1 aromatic rings. The van der Waals surface area contributed by atoms with Gasteiger partial charge in [0.15, 0.2) is 5.69 Å². The standard InChI is InChI=1S/C13H21N3O2/c1-3-18-13(17)11-12(14)16(8-15-11)7-10-5-4-9(2)6-10/h8-10H,3-7,14H2,1-2H3. The second-order valence-corrected chi connectivity index (χ2v) is 5.14. The third-order valence-electron chi connectivity index (χ3n) is 3.61. The third kappa shape index (κ3) is 2.66. The van der Waals surface area contributed by atoms with E-state index in [0.717, 1.165) is 12.5 Å². The molecule has 1 saturated carbocycles. The molecule has 0 aromatic carbocycles. The summed E-state index contributed by atoms with van der Waals surface area (Å²) in [6.07, 6.45) is 5.38. The van der Waals surface area contributed by atoms with Crippen molar-refractivity contribution in [3.63, 3.8) is 0 Å². The normalized spacial score (nSPS) is 23.2. The fraction of sp³-hybridized carbons (Fsp3) is 0.692. The first-order valence-corrected chi connectivity index (χ1v) is 6.59. The maximum atomic E-state index is 11.6. The van der Waals surface area contributed by atoms with E-state index < -0.39 is 5.97 Å². The summed E-state index contributed by atoms with van der Waals surface area (Å²) in [7, 11) is 0. The largest absolute Gasteiger partial charge is 0.461 e. The lowest BCUT2D eigenvalue weighted by atomic mass is 10.1. The van der Waals surface area contributed by atoms with Gasteiger partial charge in [0.25, 0.3) is 0 Å². The molecule has 0 bridgehead atoms. The zero-order valence-corrected chi connectivity index (χ0v) is 11.1. The van der Waals surface area contributed by atoms with Crippen molar-refractivity contribution in [2.75, 3.05) is 12.3 Å². The van der Waals surface area contributed by atoms with Crippen molar-refractivity contribution in [3.8, 4) is 0 Å². The van der Waals surface area contributed by atoms with Gasteiger partial charge in [0.2, 0.25) is 0 Å². The Balaban J connectivity index is 2.04. The van der Waals surface area contributed by atoms with Gasteiger partial charge in [-0.2, -0.15) is 0 Å². The molecule has 1 aliphatic carbocycles. The molecule has 0 aliphatic heterocycles. The smallest absolute Gasteiger partial charge is 0.360 e. The number of anilines is 1. The molecule has 0 amide bonds. The molecule has 0 radical (unpaired) electrons. The van der Waals surface area contributed by atoms with E-state index in [1.807, 2.05) is 4.57 Å². The molecule has 5 nitrogen and oxygen atoms in total.